The van der Waals surface area contributed by atoms with Crippen molar-refractivity contribution in [3.63, 3.8) is 0 Å². The predicted octanol–water partition coefficient (Wildman–Crippen LogP) is 6.70. The second-order valence-electron chi connectivity index (χ2n) is 11.9. The van der Waals surface area contributed by atoms with Gasteiger partial charge >= 0.3 is 0 Å². The lowest BCUT2D eigenvalue weighted by Crippen LogP contribution is -2.11. The molecule has 0 saturated carbocycles. The SMILES string of the molecule is COc1ccc(-c2oc3c(OC)c(OC)c(OC)c(O)c3c(=O)c2OC)cc1-c1cc(-c2oc3c(OC)c(OC)c(OC)c(OC)c3c(=O)c2OC)ccc1OC. The molecule has 57 heavy (non-hydrogen) atoms. The molecule has 4 aromatic carbocycles. The maximum Gasteiger partial charge on any atom is 0.239 e. The van der Waals surface area contributed by atoms with Crippen LogP contribution in [0.3, 0.4) is 0 Å². The highest BCUT2D eigenvalue weighted by Crippen LogP contribution is 2.53. The van der Waals surface area contributed by atoms with Gasteiger partial charge in [0.1, 0.15) is 22.3 Å². The highest BCUT2D eigenvalue weighted by Gasteiger charge is 2.32. The Bertz CT molecular complexity index is 2640. The largest absolute Gasteiger partial charge is 0.504 e. The van der Waals surface area contributed by atoms with Gasteiger partial charge < -0.3 is 66.0 Å². The molecule has 2 aromatic heterocycles. The number of benzene rings is 4. The standard InChI is InChI=1S/C41H40O16/c1-45-22-14-12-18(29-34(48-4)26(42)24-27(43)36(50-6)40(54-10)38(52-8)32(24)56-29)16-20(22)21-17-19(13-15-23(21)46-2)30-35(49-5)28(44)25-31(47-3)37(51-7)41(55-11)39(53-9)33(25)57-30/h12-17,43H,1-11H3. The molecule has 0 unspecified atom stereocenters. The third-order valence-corrected chi connectivity index (χ3v) is 9.31. The lowest BCUT2D eigenvalue weighted by molar-refractivity contribution is 0.306. The first-order valence-electron chi connectivity index (χ1n) is 16.9. The highest BCUT2D eigenvalue weighted by atomic mass is 16.6. The number of aromatic hydroxyl groups is 1. The van der Waals surface area contributed by atoms with E-state index in [-0.39, 0.29) is 85.2 Å². The van der Waals surface area contributed by atoms with Crippen LogP contribution in [0, 0.1) is 0 Å². The molecule has 16 heteroatoms. The minimum Gasteiger partial charge on any atom is -0.504 e. The lowest BCUT2D eigenvalue weighted by Gasteiger charge is -2.19. The molecular weight excluding hydrogens is 748 g/mol. The lowest BCUT2D eigenvalue weighted by atomic mass is 9.96. The van der Waals surface area contributed by atoms with Gasteiger partial charge in [0.2, 0.25) is 56.9 Å². The monoisotopic (exact) mass is 788 g/mol. The van der Waals surface area contributed by atoms with Gasteiger partial charge in [-0.1, -0.05) is 0 Å². The van der Waals surface area contributed by atoms with Crippen molar-refractivity contribution in [1.29, 1.82) is 0 Å². The molecule has 0 amide bonds. The molecule has 6 aromatic rings. The molecule has 2 heterocycles. The first-order valence-corrected chi connectivity index (χ1v) is 16.9. The number of hydrogen-bond acceptors (Lipinski definition) is 16. The summed E-state index contributed by atoms with van der Waals surface area (Å²) in [7, 11) is 15.2. The zero-order valence-electron chi connectivity index (χ0n) is 33.0. The Morgan fingerprint density at radius 2 is 0.754 bits per heavy atom. The number of fused-ring (bicyclic) bond motifs is 2. The van der Waals surface area contributed by atoms with Crippen LogP contribution in [0.2, 0.25) is 0 Å². The van der Waals surface area contributed by atoms with E-state index in [9.17, 15) is 14.7 Å². The third kappa shape index (κ3) is 6.09. The van der Waals surface area contributed by atoms with Crippen LogP contribution in [0.5, 0.6) is 69.0 Å². The summed E-state index contributed by atoms with van der Waals surface area (Å²) in [6.45, 7) is 0. The molecule has 0 fully saturated rings. The van der Waals surface area contributed by atoms with E-state index in [0.29, 0.717) is 33.8 Å². The fourth-order valence-electron chi connectivity index (χ4n) is 6.81. The van der Waals surface area contributed by atoms with Crippen molar-refractivity contribution in [2.75, 3.05) is 78.2 Å². The number of phenols is 1. The summed E-state index contributed by atoms with van der Waals surface area (Å²) in [4.78, 5) is 28.2. The smallest absolute Gasteiger partial charge is 0.239 e. The van der Waals surface area contributed by atoms with E-state index in [1.807, 2.05) is 0 Å². The van der Waals surface area contributed by atoms with Crippen LogP contribution in [0.15, 0.2) is 54.8 Å². The molecular formula is C41H40O16. The van der Waals surface area contributed by atoms with Crippen LogP contribution in [0.25, 0.3) is 55.7 Å². The summed E-state index contributed by atoms with van der Waals surface area (Å²) in [5.74, 6) is 0.234. The molecule has 0 atom stereocenters. The topological polar surface area (TPSA) is 182 Å². The van der Waals surface area contributed by atoms with Crippen molar-refractivity contribution in [3.05, 3.63) is 56.8 Å². The zero-order chi connectivity index (χ0) is 41.3. The molecule has 1 N–H and O–H groups in total. The highest BCUT2D eigenvalue weighted by molar-refractivity contribution is 5.98. The molecule has 16 nitrogen and oxygen atoms in total. The molecule has 0 bridgehead atoms. The Balaban J connectivity index is 1.65. The van der Waals surface area contributed by atoms with Crippen LogP contribution < -0.4 is 63.0 Å². The number of rotatable bonds is 14. The third-order valence-electron chi connectivity index (χ3n) is 9.31. The van der Waals surface area contributed by atoms with Crippen LogP contribution in [-0.2, 0) is 0 Å². The van der Waals surface area contributed by atoms with Gasteiger partial charge in [0, 0.05) is 22.3 Å². The van der Waals surface area contributed by atoms with Gasteiger partial charge in [-0.05, 0) is 36.4 Å². The average Bonchev–Trinajstić information content (AvgIpc) is 3.24. The first-order chi connectivity index (χ1) is 27.6. The summed E-state index contributed by atoms with van der Waals surface area (Å²) < 4.78 is 74.5. The molecule has 0 saturated heterocycles. The van der Waals surface area contributed by atoms with Gasteiger partial charge in [0.25, 0.3) is 0 Å². The summed E-state index contributed by atoms with van der Waals surface area (Å²) in [5, 5.41) is 10.9. The number of ether oxygens (including phenoxy) is 11. The summed E-state index contributed by atoms with van der Waals surface area (Å²) >= 11 is 0. The van der Waals surface area contributed by atoms with Crippen molar-refractivity contribution >= 4 is 21.9 Å². The Kier molecular flexibility index (Phi) is 11.1. The summed E-state index contributed by atoms with van der Waals surface area (Å²) in [6, 6.07) is 10.1. The second kappa shape index (κ2) is 15.9. The van der Waals surface area contributed by atoms with Crippen molar-refractivity contribution in [2.24, 2.45) is 0 Å². The van der Waals surface area contributed by atoms with Gasteiger partial charge in [0.05, 0.1) is 78.2 Å². The molecule has 6 rings (SSSR count). The van der Waals surface area contributed by atoms with Crippen LogP contribution in [-0.4, -0.2) is 83.3 Å². The molecule has 0 spiro atoms. The van der Waals surface area contributed by atoms with E-state index in [2.05, 4.69) is 0 Å². The minimum absolute atomic E-state index is 0.00222. The van der Waals surface area contributed by atoms with Gasteiger partial charge in [-0.15, -0.1) is 0 Å². The Morgan fingerprint density at radius 3 is 1.14 bits per heavy atom. The van der Waals surface area contributed by atoms with Crippen LogP contribution in [0.4, 0.5) is 0 Å². The average molecular weight is 789 g/mol. The number of hydrogen-bond donors (Lipinski definition) is 1. The van der Waals surface area contributed by atoms with Crippen molar-refractivity contribution in [1.82, 2.24) is 0 Å². The van der Waals surface area contributed by atoms with Gasteiger partial charge in [-0.3, -0.25) is 9.59 Å². The Morgan fingerprint density at radius 1 is 0.404 bits per heavy atom. The predicted molar refractivity (Wildman–Crippen MR) is 209 cm³/mol. The van der Waals surface area contributed by atoms with Crippen molar-refractivity contribution < 1.29 is 66.0 Å². The fraction of sp³-hybridized carbons (Fsp3) is 0.268. The second-order valence-corrected chi connectivity index (χ2v) is 11.9. The molecule has 0 aliphatic heterocycles. The van der Waals surface area contributed by atoms with E-state index in [0.717, 1.165) is 0 Å². The fourth-order valence-corrected chi connectivity index (χ4v) is 6.81. The van der Waals surface area contributed by atoms with E-state index >= 15 is 0 Å². The number of phenolic OH excluding ortho intramolecular Hbond substituents is 1. The zero-order valence-corrected chi connectivity index (χ0v) is 33.0. The van der Waals surface area contributed by atoms with E-state index in [1.54, 1.807) is 36.4 Å². The Labute approximate surface area is 325 Å². The molecule has 0 radical (unpaired) electrons. The molecule has 0 aliphatic rings. The van der Waals surface area contributed by atoms with Crippen molar-refractivity contribution in [2.45, 2.75) is 0 Å². The van der Waals surface area contributed by atoms with E-state index in [1.165, 1.54) is 78.2 Å². The normalized spacial score (nSPS) is 10.9. The van der Waals surface area contributed by atoms with E-state index in [4.69, 9.17) is 60.9 Å². The maximum atomic E-state index is 14.2. The summed E-state index contributed by atoms with van der Waals surface area (Å²) in [6.07, 6.45) is 0. The quantitative estimate of drug-likeness (QED) is 0.123. The summed E-state index contributed by atoms with van der Waals surface area (Å²) in [5.41, 5.74) is 0.300. The molecule has 300 valence electrons. The van der Waals surface area contributed by atoms with Crippen LogP contribution in [0.1, 0.15) is 0 Å². The number of methoxy groups -OCH3 is 11. The van der Waals surface area contributed by atoms with Gasteiger partial charge in [0.15, 0.2) is 34.2 Å². The Hall–Kier alpha value is -7.10. The molecule has 0 aliphatic carbocycles. The maximum absolute atomic E-state index is 14.2. The van der Waals surface area contributed by atoms with Crippen molar-refractivity contribution in [3.8, 4) is 103 Å². The van der Waals surface area contributed by atoms with E-state index < -0.39 is 16.6 Å². The van der Waals surface area contributed by atoms with Gasteiger partial charge in [-0.25, -0.2) is 0 Å². The minimum atomic E-state index is -0.706. The first kappa shape index (κ1) is 39.6. The van der Waals surface area contributed by atoms with Gasteiger partial charge in [-0.2, -0.15) is 0 Å². The van der Waals surface area contributed by atoms with Crippen LogP contribution >= 0.6 is 0 Å².